The summed E-state index contributed by atoms with van der Waals surface area (Å²) in [5.74, 6) is 0.496. The van der Waals surface area contributed by atoms with Gasteiger partial charge < -0.3 is 10.1 Å². The van der Waals surface area contributed by atoms with E-state index in [9.17, 15) is 4.79 Å². The molecule has 0 saturated heterocycles. The van der Waals surface area contributed by atoms with Crippen LogP contribution in [0.3, 0.4) is 0 Å². The van der Waals surface area contributed by atoms with Crippen molar-refractivity contribution in [3.05, 3.63) is 16.8 Å². The summed E-state index contributed by atoms with van der Waals surface area (Å²) in [7, 11) is 0. The lowest BCUT2D eigenvalue weighted by Gasteiger charge is -2.10. The topological polar surface area (TPSA) is 64.1 Å². The van der Waals surface area contributed by atoms with E-state index in [1.807, 2.05) is 27.7 Å². The van der Waals surface area contributed by atoms with E-state index in [1.165, 1.54) is 17.7 Å². The van der Waals surface area contributed by atoms with E-state index in [-0.39, 0.29) is 11.9 Å². The number of aryl methyl sites for hydroxylation is 1. The number of thiophene rings is 1. The van der Waals surface area contributed by atoms with E-state index >= 15 is 0 Å². The molecule has 0 fully saturated rings. The van der Waals surface area contributed by atoms with Crippen molar-refractivity contribution in [3.63, 3.8) is 0 Å². The Morgan fingerprint density at radius 1 is 1.45 bits per heavy atom. The van der Waals surface area contributed by atoms with Gasteiger partial charge in [0.2, 0.25) is 5.88 Å². The third kappa shape index (κ3) is 2.75. The summed E-state index contributed by atoms with van der Waals surface area (Å²) in [6, 6.07) is 0.157. The number of fused-ring (bicyclic) bond motifs is 1. The minimum atomic E-state index is -0.0534. The van der Waals surface area contributed by atoms with Gasteiger partial charge in [0.1, 0.15) is 11.2 Å². The van der Waals surface area contributed by atoms with Crippen LogP contribution in [-0.4, -0.2) is 28.5 Å². The van der Waals surface area contributed by atoms with Crippen LogP contribution in [0, 0.1) is 6.92 Å². The number of rotatable bonds is 5. The Balaban J connectivity index is 2.43. The van der Waals surface area contributed by atoms with Crippen LogP contribution in [0.4, 0.5) is 0 Å². The van der Waals surface area contributed by atoms with Crippen LogP contribution in [0.5, 0.6) is 5.88 Å². The summed E-state index contributed by atoms with van der Waals surface area (Å²) in [4.78, 5) is 22.1. The zero-order valence-corrected chi connectivity index (χ0v) is 13.0. The highest BCUT2D eigenvalue weighted by Crippen LogP contribution is 2.34. The lowest BCUT2D eigenvalue weighted by atomic mass is 10.2. The summed E-state index contributed by atoms with van der Waals surface area (Å²) >= 11 is 1.38. The number of nitrogens with zero attached hydrogens (tertiary/aromatic N) is 2. The number of carbonyl (C=O) groups is 1. The van der Waals surface area contributed by atoms with E-state index in [0.29, 0.717) is 17.4 Å². The average Bonchev–Trinajstić information content (AvgIpc) is 2.77. The number of carbonyl (C=O) groups excluding carboxylic acids is 1. The monoisotopic (exact) mass is 293 g/mol. The second kappa shape index (κ2) is 6.17. The molecule has 6 heteroatoms. The molecule has 0 aliphatic carbocycles. The fourth-order valence-electron chi connectivity index (χ4n) is 1.89. The van der Waals surface area contributed by atoms with Gasteiger partial charge in [-0.05, 0) is 32.8 Å². The van der Waals surface area contributed by atoms with Crippen LogP contribution >= 0.6 is 11.3 Å². The van der Waals surface area contributed by atoms with Crippen molar-refractivity contribution >= 4 is 27.5 Å². The van der Waals surface area contributed by atoms with Gasteiger partial charge >= 0.3 is 0 Å². The SMILES string of the molecule is CCOc1ncnc2sc(C(=O)NC(C)CC)c(C)c12. The van der Waals surface area contributed by atoms with Crippen LogP contribution in [0.1, 0.15) is 42.4 Å². The van der Waals surface area contributed by atoms with E-state index in [0.717, 1.165) is 22.2 Å². The van der Waals surface area contributed by atoms with E-state index in [4.69, 9.17) is 4.74 Å². The molecule has 0 radical (unpaired) electrons. The first-order valence-electron chi connectivity index (χ1n) is 6.76. The summed E-state index contributed by atoms with van der Waals surface area (Å²) in [5.41, 5.74) is 0.884. The van der Waals surface area contributed by atoms with Crippen LogP contribution in [-0.2, 0) is 0 Å². The molecule has 0 aromatic carbocycles. The first kappa shape index (κ1) is 14.7. The molecule has 2 aromatic rings. The molecule has 108 valence electrons. The van der Waals surface area contributed by atoms with Gasteiger partial charge in [0.15, 0.2) is 0 Å². The van der Waals surface area contributed by atoms with Crippen molar-refractivity contribution in [3.8, 4) is 5.88 Å². The molecule has 5 nitrogen and oxygen atoms in total. The maximum Gasteiger partial charge on any atom is 0.261 e. The third-order valence-corrected chi connectivity index (χ3v) is 4.37. The van der Waals surface area contributed by atoms with Crippen molar-refractivity contribution in [1.82, 2.24) is 15.3 Å². The highest BCUT2D eigenvalue weighted by Gasteiger charge is 2.20. The maximum atomic E-state index is 12.3. The van der Waals surface area contributed by atoms with Gasteiger partial charge in [0.25, 0.3) is 5.91 Å². The molecule has 0 bridgehead atoms. The molecular weight excluding hydrogens is 274 g/mol. The Labute approximate surface area is 122 Å². The van der Waals surface area contributed by atoms with E-state index in [1.54, 1.807) is 0 Å². The Kier molecular flexibility index (Phi) is 4.54. The summed E-state index contributed by atoms with van der Waals surface area (Å²) in [5, 5.41) is 3.82. The fraction of sp³-hybridized carbons (Fsp3) is 0.500. The van der Waals surface area contributed by atoms with Crippen molar-refractivity contribution in [2.45, 2.75) is 40.2 Å². The molecule has 0 saturated carbocycles. The second-order valence-electron chi connectivity index (χ2n) is 4.63. The Morgan fingerprint density at radius 3 is 2.85 bits per heavy atom. The molecule has 1 N–H and O–H groups in total. The number of hydrogen-bond acceptors (Lipinski definition) is 5. The van der Waals surface area contributed by atoms with Gasteiger partial charge in [-0.2, -0.15) is 0 Å². The van der Waals surface area contributed by atoms with Crippen LogP contribution in [0.15, 0.2) is 6.33 Å². The van der Waals surface area contributed by atoms with Crippen LogP contribution in [0.2, 0.25) is 0 Å². The molecule has 2 aromatic heterocycles. The molecule has 2 heterocycles. The highest BCUT2D eigenvalue weighted by atomic mass is 32.1. The lowest BCUT2D eigenvalue weighted by molar-refractivity contribution is 0.0943. The molecule has 1 atom stereocenters. The number of nitrogens with one attached hydrogen (secondary N) is 1. The average molecular weight is 293 g/mol. The quantitative estimate of drug-likeness (QED) is 0.920. The van der Waals surface area contributed by atoms with Gasteiger partial charge in [-0.3, -0.25) is 4.79 Å². The minimum absolute atomic E-state index is 0.0534. The van der Waals surface area contributed by atoms with Crippen molar-refractivity contribution < 1.29 is 9.53 Å². The minimum Gasteiger partial charge on any atom is -0.477 e. The lowest BCUT2D eigenvalue weighted by Crippen LogP contribution is -2.31. The van der Waals surface area contributed by atoms with Crippen molar-refractivity contribution in [2.75, 3.05) is 6.61 Å². The normalized spacial score (nSPS) is 12.4. The highest BCUT2D eigenvalue weighted by molar-refractivity contribution is 7.20. The Morgan fingerprint density at radius 2 is 2.20 bits per heavy atom. The van der Waals surface area contributed by atoms with Crippen LogP contribution in [0.25, 0.3) is 10.2 Å². The molecule has 0 aliphatic heterocycles. The Hall–Kier alpha value is -1.69. The first-order chi connectivity index (χ1) is 9.58. The second-order valence-corrected chi connectivity index (χ2v) is 5.63. The van der Waals surface area contributed by atoms with Gasteiger partial charge in [0, 0.05) is 6.04 Å². The zero-order valence-electron chi connectivity index (χ0n) is 12.2. The third-order valence-electron chi connectivity index (χ3n) is 3.17. The first-order valence-corrected chi connectivity index (χ1v) is 7.57. The molecule has 1 amide bonds. The number of ether oxygens (including phenoxy) is 1. The standard InChI is InChI=1S/C14H19N3O2S/c1-5-8(3)17-12(18)11-9(4)10-13(19-6-2)15-7-16-14(10)20-11/h7-8H,5-6H2,1-4H3,(H,17,18). The zero-order chi connectivity index (χ0) is 14.7. The van der Waals surface area contributed by atoms with Crippen LogP contribution < -0.4 is 10.1 Å². The van der Waals surface area contributed by atoms with E-state index < -0.39 is 0 Å². The molecule has 2 rings (SSSR count). The fourth-order valence-corrected chi connectivity index (χ4v) is 2.94. The predicted octanol–water partition coefficient (Wildman–Crippen LogP) is 2.93. The van der Waals surface area contributed by atoms with Crippen molar-refractivity contribution in [1.29, 1.82) is 0 Å². The number of aromatic nitrogens is 2. The maximum absolute atomic E-state index is 12.3. The van der Waals surface area contributed by atoms with Gasteiger partial charge in [-0.1, -0.05) is 6.92 Å². The molecule has 1 unspecified atom stereocenters. The molecule has 0 spiro atoms. The van der Waals surface area contributed by atoms with E-state index in [2.05, 4.69) is 15.3 Å². The summed E-state index contributed by atoms with van der Waals surface area (Å²) < 4.78 is 5.52. The number of hydrogen-bond donors (Lipinski definition) is 1. The van der Waals surface area contributed by atoms with Gasteiger partial charge in [-0.15, -0.1) is 11.3 Å². The summed E-state index contributed by atoms with van der Waals surface area (Å²) in [6.45, 7) is 8.39. The van der Waals surface area contributed by atoms with Gasteiger partial charge in [-0.25, -0.2) is 9.97 Å². The molecule has 0 aliphatic rings. The molecule has 20 heavy (non-hydrogen) atoms. The predicted molar refractivity (Wildman–Crippen MR) is 80.5 cm³/mol. The van der Waals surface area contributed by atoms with Crippen molar-refractivity contribution in [2.24, 2.45) is 0 Å². The smallest absolute Gasteiger partial charge is 0.261 e. The Bertz CT molecular complexity index is 624. The molecular formula is C14H19N3O2S. The van der Waals surface area contributed by atoms with Gasteiger partial charge in [0.05, 0.1) is 16.9 Å². The largest absolute Gasteiger partial charge is 0.477 e. The summed E-state index contributed by atoms with van der Waals surface area (Å²) in [6.07, 6.45) is 2.37. The number of amides is 1.